The molecule has 0 aromatic rings. The second-order valence-corrected chi connectivity index (χ2v) is 8.93. The van der Waals surface area contributed by atoms with Crippen molar-refractivity contribution in [2.24, 2.45) is 11.8 Å². The maximum absolute atomic E-state index is 12.3. The minimum atomic E-state index is -0.849. The van der Waals surface area contributed by atoms with Crippen LogP contribution in [-0.4, -0.2) is 64.6 Å². The van der Waals surface area contributed by atoms with Gasteiger partial charge in [0.2, 0.25) is 0 Å². The molecule has 0 radical (unpaired) electrons. The van der Waals surface area contributed by atoms with Crippen LogP contribution in [0.2, 0.25) is 0 Å². The van der Waals surface area contributed by atoms with Gasteiger partial charge >= 0.3 is 11.9 Å². The smallest absolute Gasteiger partial charge is 0.306 e. The van der Waals surface area contributed by atoms with Crippen LogP contribution in [0.15, 0.2) is 12.2 Å². The molecule has 190 valence electrons. The van der Waals surface area contributed by atoms with Crippen LogP contribution in [0.25, 0.3) is 0 Å². The van der Waals surface area contributed by atoms with E-state index in [1.54, 1.807) is 12.2 Å². The maximum atomic E-state index is 12.3. The van der Waals surface area contributed by atoms with Crippen molar-refractivity contribution in [1.29, 1.82) is 0 Å². The van der Waals surface area contributed by atoms with E-state index in [2.05, 4.69) is 6.92 Å². The van der Waals surface area contributed by atoms with Gasteiger partial charge in [0, 0.05) is 25.7 Å². The van der Waals surface area contributed by atoms with E-state index in [9.17, 15) is 29.7 Å². The van der Waals surface area contributed by atoms with E-state index in [4.69, 9.17) is 9.47 Å². The van der Waals surface area contributed by atoms with Gasteiger partial charge in [0.05, 0.1) is 18.8 Å². The highest BCUT2D eigenvalue weighted by atomic mass is 16.6. The van der Waals surface area contributed by atoms with Crippen LogP contribution in [-0.2, 0) is 23.9 Å². The lowest BCUT2D eigenvalue weighted by Gasteiger charge is -2.19. The molecule has 3 N–H and O–H groups in total. The number of carbonyl (C=O) groups is 3. The third-order valence-electron chi connectivity index (χ3n) is 6.02. The summed E-state index contributed by atoms with van der Waals surface area (Å²) in [7, 11) is 0. The number of ether oxygens (including phenoxy) is 2. The Morgan fingerprint density at radius 1 is 1.15 bits per heavy atom. The summed E-state index contributed by atoms with van der Waals surface area (Å²) in [5.74, 6) is -1.39. The van der Waals surface area contributed by atoms with Crippen LogP contribution in [0, 0.1) is 11.8 Å². The van der Waals surface area contributed by atoms with Gasteiger partial charge < -0.3 is 24.8 Å². The van der Waals surface area contributed by atoms with Crippen molar-refractivity contribution in [3.05, 3.63) is 12.2 Å². The average Bonchev–Trinajstić information content (AvgIpc) is 3.04. The summed E-state index contributed by atoms with van der Waals surface area (Å²) in [4.78, 5) is 34.9. The second kappa shape index (κ2) is 16.8. The summed E-state index contributed by atoms with van der Waals surface area (Å²) in [5.41, 5.74) is 0. The van der Waals surface area contributed by atoms with Crippen LogP contribution < -0.4 is 0 Å². The molecular formula is C25H42O8. The third-order valence-corrected chi connectivity index (χ3v) is 6.02. The monoisotopic (exact) mass is 470 g/mol. The molecule has 1 rings (SSSR count). The van der Waals surface area contributed by atoms with Crippen molar-refractivity contribution >= 4 is 17.7 Å². The van der Waals surface area contributed by atoms with Crippen molar-refractivity contribution in [1.82, 2.24) is 0 Å². The van der Waals surface area contributed by atoms with Crippen LogP contribution in [0.4, 0.5) is 0 Å². The Hall–Kier alpha value is -1.77. The molecule has 0 heterocycles. The quantitative estimate of drug-likeness (QED) is 0.168. The molecule has 0 saturated heterocycles. The van der Waals surface area contributed by atoms with Gasteiger partial charge in [0.25, 0.3) is 0 Å². The van der Waals surface area contributed by atoms with E-state index < -0.39 is 36.9 Å². The summed E-state index contributed by atoms with van der Waals surface area (Å²) < 4.78 is 9.83. The van der Waals surface area contributed by atoms with Gasteiger partial charge in [0.1, 0.15) is 12.4 Å². The number of hydrogen-bond acceptors (Lipinski definition) is 8. The first-order valence-corrected chi connectivity index (χ1v) is 12.3. The first kappa shape index (κ1) is 29.3. The molecule has 0 aromatic carbocycles. The van der Waals surface area contributed by atoms with Crippen LogP contribution in [0.5, 0.6) is 0 Å². The number of hydrogen-bond donors (Lipinski definition) is 3. The SMILES string of the molecule is CCCCC[C@H](O)/C=C/[C@H]1C(=O)C[C@H](O)[C@@H]1CCCCCCC(=O)O[C@@H](CO)COC(C)=O. The van der Waals surface area contributed by atoms with E-state index >= 15 is 0 Å². The summed E-state index contributed by atoms with van der Waals surface area (Å²) >= 11 is 0. The van der Waals surface area contributed by atoms with Crippen molar-refractivity contribution in [2.75, 3.05) is 13.2 Å². The normalized spacial score (nSPS) is 22.5. The van der Waals surface area contributed by atoms with E-state index in [-0.39, 0.29) is 37.1 Å². The van der Waals surface area contributed by atoms with Gasteiger partial charge in [-0.15, -0.1) is 0 Å². The molecule has 1 aliphatic rings. The first-order chi connectivity index (χ1) is 15.8. The highest BCUT2D eigenvalue weighted by molar-refractivity contribution is 5.86. The van der Waals surface area contributed by atoms with Crippen molar-refractivity contribution in [3.8, 4) is 0 Å². The molecule has 0 spiro atoms. The van der Waals surface area contributed by atoms with Crippen molar-refractivity contribution < 1.29 is 39.2 Å². The highest BCUT2D eigenvalue weighted by Gasteiger charge is 2.39. The van der Waals surface area contributed by atoms with Crippen LogP contribution in [0.3, 0.4) is 0 Å². The molecule has 8 nitrogen and oxygen atoms in total. The standard InChI is InChI=1S/C25H42O8/c1-3-4-7-10-19(28)13-14-22-21(23(29)15-24(22)30)11-8-5-6-9-12-25(31)33-20(16-26)17-32-18(2)27/h13-14,19-23,26,28-29H,3-12,15-17H2,1-2H3/b14-13+/t19-,20-,21+,22+,23-/m0/s1. The number of Topliss-reactive ketones (excluding diaryl/α,β-unsaturated/α-hetero) is 1. The molecule has 0 unspecified atom stereocenters. The number of aliphatic hydroxyl groups excluding tert-OH is 3. The van der Waals surface area contributed by atoms with Crippen LogP contribution >= 0.6 is 0 Å². The predicted molar refractivity (Wildman–Crippen MR) is 123 cm³/mol. The average molecular weight is 471 g/mol. The zero-order chi connectivity index (χ0) is 24.6. The van der Waals surface area contributed by atoms with Crippen molar-refractivity contribution in [2.45, 2.75) is 103 Å². The zero-order valence-electron chi connectivity index (χ0n) is 20.1. The van der Waals surface area contributed by atoms with Gasteiger partial charge in [-0.05, 0) is 25.2 Å². The minimum Gasteiger partial charge on any atom is -0.462 e. The molecule has 0 amide bonds. The van der Waals surface area contributed by atoms with Gasteiger partial charge in [0.15, 0.2) is 6.10 Å². The fraction of sp³-hybridized carbons (Fsp3) is 0.800. The Bertz CT molecular complexity index is 618. The van der Waals surface area contributed by atoms with E-state index in [0.29, 0.717) is 19.3 Å². The Morgan fingerprint density at radius 3 is 2.55 bits per heavy atom. The number of allylic oxidation sites excluding steroid dienone is 1. The third kappa shape index (κ3) is 12.3. The summed E-state index contributed by atoms with van der Waals surface area (Å²) in [6.45, 7) is 2.78. The van der Waals surface area contributed by atoms with Gasteiger partial charge in [-0.25, -0.2) is 0 Å². The Morgan fingerprint density at radius 2 is 1.88 bits per heavy atom. The fourth-order valence-electron chi connectivity index (χ4n) is 4.12. The van der Waals surface area contributed by atoms with Crippen LogP contribution in [0.1, 0.15) is 84.5 Å². The molecule has 8 heteroatoms. The fourth-order valence-corrected chi connectivity index (χ4v) is 4.12. The molecule has 33 heavy (non-hydrogen) atoms. The maximum Gasteiger partial charge on any atom is 0.306 e. The lowest BCUT2D eigenvalue weighted by Crippen LogP contribution is -2.28. The number of unbranched alkanes of at least 4 members (excludes halogenated alkanes) is 5. The number of aliphatic hydroxyl groups is 3. The van der Waals surface area contributed by atoms with Gasteiger partial charge in [-0.3, -0.25) is 14.4 Å². The predicted octanol–water partition coefficient (Wildman–Crippen LogP) is 2.86. The highest BCUT2D eigenvalue weighted by Crippen LogP contribution is 2.34. The Balaban J connectivity index is 2.30. The van der Waals surface area contributed by atoms with E-state index in [1.807, 2.05) is 0 Å². The van der Waals surface area contributed by atoms with Gasteiger partial charge in [-0.2, -0.15) is 0 Å². The van der Waals surface area contributed by atoms with Gasteiger partial charge in [-0.1, -0.05) is 57.6 Å². The molecule has 1 aliphatic carbocycles. The topological polar surface area (TPSA) is 130 Å². The zero-order valence-corrected chi connectivity index (χ0v) is 20.1. The molecule has 5 atom stereocenters. The van der Waals surface area contributed by atoms with E-state index in [0.717, 1.165) is 38.5 Å². The molecule has 0 bridgehead atoms. The summed E-state index contributed by atoms with van der Waals surface area (Å²) in [6, 6.07) is 0. The summed E-state index contributed by atoms with van der Waals surface area (Å²) in [6.07, 6.45) is 9.45. The molecular weight excluding hydrogens is 428 g/mol. The lowest BCUT2D eigenvalue weighted by molar-refractivity contribution is -0.160. The first-order valence-electron chi connectivity index (χ1n) is 12.3. The number of ketones is 1. The second-order valence-electron chi connectivity index (χ2n) is 8.93. The van der Waals surface area contributed by atoms with Crippen molar-refractivity contribution in [3.63, 3.8) is 0 Å². The molecule has 0 aromatic heterocycles. The van der Waals surface area contributed by atoms with E-state index in [1.165, 1.54) is 6.92 Å². The number of esters is 2. The Kier molecular flexibility index (Phi) is 14.9. The minimum absolute atomic E-state index is 0.0273. The Labute approximate surface area is 197 Å². The number of rotatable bonds is 17. The number of carbonyl (C=O) groups excluding carboxylic acids is 3. The lowest BCUT2D eigenvalue weighted by atomic mass is 9.88. The molecule has 1 fully saturated rings. The molecule has 0 aliphatic heterocycles. The summed E-state index contributed by atoms with van der Waals surface area (Å²) in [5, 5.41) is 29.6. The largest absolute Gasteiger partial charge is 0.462 e. The molecule has 1 saturated carbocycles.